The summed E-state index contributed by atoms with van der Waals surface area (Å²) in [5.41, 5.74) is 0.385. The molecule has 22 heavy (non-hydrogen) atoms. The summed E-state index contributed by atoms with van der Waals surface area (Å²) in [5.74, 6) is 0.261. The second-order valence-corrected chi connectivity index (χ2v) is 4.86. The van der Waals surface area contributed by atoms with Crippen molar-refractivity contribution in [1.29, 1.82) is 0 Å². The maximum absolute atomic E-state index is 12.1. The van der Waals surface area contributed by atoms with Gasteiger partial charge in [-0.3, -0.25) is 9.59 Å². The molecule has 0 spiro atoms. The van der Waals surface area contributed by atoms with Crippen LogP contribution in [0.5, 0.6) is 0 Å². The Morgan fingerprint density at radius 2 is 1.86 bits per heavy atom. The van der Waals surface area contributed by atoms with Crippen LogP contribution < -0.4 is 10.9 Å². The number of carbonyl (C=O) groups excluding carboxylic acids is 1. The van der Waals surface area contributed by atoms with Crippen molar-refractivity contribution < 1.29 is 4.79 Å². The molecular formula is C16H14N4O2. The molecule has 1 N–H and O–H groups in total. The number of nitrogens with one attached hydrogen (secondary N) is 1. The minimum Gasteiger partial charge on any atom is -0.310 e. The van der Waals surface area contributed by atoms with Gasteiger partial charge in [-0.1, -0.05) is 24.3 Å². The molecule has 1 aromatic carbocycles. The van der Waals surface area contributed by atoms with Crippen LogP contribution in [0.1, 0.15) is 5.69 Å². The molecule has 2 heterocycles. The number of rotatable bonds is 3. The van der Waals surface area contributed by atoms with E-state index in [0.29, 0.717) is 22.3 Å². The quantitative estimate of drug-likeness (QED) is 0.794. The van der Waals surface area contributed by atoms with Crippen molar-refractivity contribution in [2.45, 2.75) is 6.42 Å². The Balaban J connectivity index is 1.92. The van der Waals surface area contributed by atoms with E-state index in [4.69, 9.17) is 0 Å². The highest BCUT2D eigenvalue weighted by Crippen LogP contribution is 2.14. The second kappa shape index (κ2) is 5.77. The SMILES string of the molecule is Cn1nc(CC(=O)Nc2ccccn2)c2ccccc2c1=O. The normalized spacial score (nSPS) is 10.6. The number of benzene rings is 1. The molecule has 0 radical (unpaired) electrons. The highest BCUT2D eigenvalue weighted by atomic mass is 16.1. The first-order valence-electron chi connectivity index (χ1n) is 6.81. The Morgan fingerprint density at radius 3 is 2.59 bits per heavy atom. The number of aryl methyl sites for hydroxylation is 1. The second-order valence-electron chi connectivity index (χ2n) is 4.86. The van der Waals surface area contributed by atoms with Crippen molar-refractivity contribution in [1.82, 2.24) is 14.8 Å². The van der Waals surface area contributed by atoms with Gasteiger partial charge in [0.1, 0.15) is 5.82 Å². The van der Waals surface area contributed by atoms with Gasteiger partial charge in [0, 0.05) is 18.6 Å². The van der Waals surface area contributed by atoms with E-state index < -0.39 is 0 Å². The lowest BCUT2D eigenvalue weighted by Gasteiger charge is -2.08. The van der Waals surface area contributed by atoms with Crippen LogP contribution in [0.2, 0.25) is 0 Å². The summed E-state index contributed by atoms with van der Waals surface area (Å²) in [6, 6.07) is 12.4. The Labute approximate surface area is 126 Å². The third-order valence-corrected chi connectivity index (χ3v) is 3.29. The average molecular weight is 294 g/mol. The van der Waals surface area contributed by atoms with Gasteiger partial charge in [0.05, 0.1) is 17.5 Å². The predicted octanol–water partition coefficient (Wildman–Crippen LogP) is 1.51. The van der Waals surface area contributed by atoms with Gasteiger partial charge in [0.2, 0.25) is 5.91 Å². The molecule has 0 atom stereocenters. The van der Waals surface area contributed by atoms with Crippen molar-refractivity contribution in [3.63, 3.8) is 0 Å². The van der Waals surface area contributed by atoms with Crippen molar-refractivity contribution in [3.05, 3.63) is 64.7 Å². The highest BCUT2D eigenvalue weighted by Gasteiger charge is 2.12. The summed E-state index contributed by atoms with van der Waals surface area (Å²) in [4.78, 5) is 28.2. The lowest BCUT2D eigenvalue weighted by molar-refractivity contribution is -0.115. The number of nitrogens with zero attached hydrogens (tertiary/aromatic N) is 3. The van der Waals surface area contributed by atoms with Crippen LogP contribution in [0.3, 0.4) is 0 Å². The van der Waals surface area contributed by atoms with E-state index in [1.165, 1.54) is 4.68 Å². The first-order valence-corrected chi connectivity index (χ1v) is 6.81. The van der Waals surface area contributed by atoms with Gasteiger partial charge >= 0.3 is 0 Å². The Bertz CT molecular complexity index is 888. The molecule has 0 saturated carbocycles. The first kappa shape index (κ1) is 13.9. The zero-order valence-electron chi connectivity index (χ0n) is 12.0. The van der Waals surface area contributed by atoms with Crippen LogP contribution >= 0.6 is 0 Å². The van der Waals surface area contributed by atoms with Gasteiger partial charge in [-0.25, -0.2) is 9.67 Å². The smallest absolute Gasteiger partial charge is 0.274 e. The van der Waals surface area contributed by atoms with Gasteiger partial charge < -0.3 is 5.32 Å². The fourth-order valence-corrected chi connectivity index (χ4v) is 2.28. The number of aromatic nitrogens is 3. The van der Waals surface area contributed by atoms with E-state index in [1.54, 1.807) is 49.6 Å². The minimum atomic E-state index is -0.227. The van der Waals surface area contributed by atoms with Crippen molar-refractivity contribution in [2.24, 2.45) is 7.05 Å². The third-order valence-electron chi connectivity index (χ3n) is 3.29. The molecular weight excluding hydrogens is 280 g/mol. The van der Waals surface area contributed by atoms with Gasteiger partial charge in [-0.05, 0) is 18.2 Å². The Morgan fingerprint density at radius 1 is 1.14 bits per heavy atom. The number of anilines is 1. The highest BCUT2D eigenvalue weighted by molar-refractivity contribution is 5.94. The maximum Gasteiger partial charge on any atom is 0.274 e. The summed E-state index contributed by atoms with van der Waals surface area (Å²) < 4.78 is 1.26. The van der Waals surface area contributed by atoms with Crippen molar-refractivity contribution in [2.75, 3.05) is 5.32 Å². The standard InChI is InChI=1S/C16H14N4O2/c1-20-16(22)12-7-3-2-6-11(12)13(19-20)10-15(21)18-14-8-4-5-9-17-14/h2-9H,10H2,1H3,(H,17,18,21). The van der Waals surface area contributed by atoms with E-state index in [9.17, 15) is 9.59 Å². The van der Waals surface area contributed by atoms with Crippen LogP contribution in [0, 0.1) is 0 Å². The average Bonchev–Trinajstić information content (AvgIpc) is 2.53. The molecule has 0 fully saturated rings. The molecule has 0 aliphatic carbocycles. The van der Waals surface area contributed by atoms with Crippen LogP contribution in [0.4, 0.5) is 5.82 Å². The molecule has 3 aromatic rings. The fourth-order valence-electron chi connectivity index (χ4n) is 2.28. The topological polar surface area (TPSA) is 76.9 Å². The van der Waals surface area contributed by atoms with Crippen LogP contribution in [0.25, 0.3) is 10.8 Å². The van der Waals surface area contributed by atoms with E-state index in [-0.39, 0.29) is 17.9 Å². The first-order chi connectivity index (χ1) is 10.6. The maximum atomic E-state index is 12.1. The van der Waals surface area contributed by atoms with E-state index in [0.717, 1.165) is 0 Å². The molecule has 6 heteroatoms. The molecule has 0 bridgehead atoms. The molecule has 0 aliphatic rings. The number of pyridine rings is 1. The van der Waals surface area contributed by atoms with E-state index >= 15 is 0 Å². The summed E-state index contributed by atoms with van der Waals surface area (Å²) in [5, 5.41) is 8.17. The molecule has 3 rings (SSSR count). The number of hydrogen-bond acceptors (Lipinski definition) is 4. The zero-order valence-corrected chi connectivity index (χ0v) is 12.0. The lowest BCUT2D eigenvalue weighted by Crippen LogP contribution is -2.24. The zero-order chi connectivity index (χ0) is 15.5. The number of hydrogen-bond donors (Lipinski definition) is 1. The molecule has 110 valence electrons. The minimum absolute atomic E-state index is 0.0746. The number of amides is 1. The van der Waals surface area contributed by atoms with Crippen molar-refractivity contribution in [3.8, 4) is 0 Å². The van der Waals surface area contributed by atoms with Crippen molar-refractivity contribution >= 4 is 22.5 Å². The Hall–Kier alpha value is -3.02. The van der Waals surface area contributed by atoms with Gasteiger partial charge in [-0.2, -0.15) is 5.10 Å². The van der Waals surface area contributed by atoms with Gasteiger partial charge in [-0.15, -0.1) is 0 Å². The largest absolute Gasteiger partial charge is 0.310 e. The van der Waals surface area contributed by atoms with Crippen LogP contribution in [0.15, 0.2) is 53.5 Å². The third kappa shape index (κ3) is 2.71. The molecule has 0 saturated heterocycles. The molecule has 2 aromatic heterocycles. The van der Waals surface area contributed by atoms with Crippen LogP contribution in [-0.4, -0.2) is 20.7 Å². The monoisotopic (exact) mass is 294 g/mol. The van der Waals surface area contributed by atoms with Gasteiger partial charge in [0.25, 0.3) is 5.56 Å². The molecule has 6 nitrogen and oxygen atoms in total. The molecule has 1 amide bonds. The lowest BCUT2D eigenvalue weighted by atomic mass is 10.1. The van der Waals surface area contributed by atoms with Crippen LogP contribution in [-0.2, 0) is 18.3 Å². The van der Waals surface area contributed by atoms with Gasteiger partial charge in [0.15, 0.2) is 0 Å². The fraction of sp³-hybridized carbons (Fsp3) is 0.125. The summed E-state index contributed by atoms with van der Waals surface area (Å²) in [7, 11) is 1.58. The number of fused-ring (bicyclic) bond motifs is 1. The summed E-state index contributed by atoms with van der Waals surface area (Å²) >= 11 is 0. The van der Waals surface area contributed by atoms with E-state index in [1.807, 2.05) is 6.07 Å². The summed E-state index contributed by atoms with van der Waals surface area (Å²) in [6.45, 7) is 0. The summed E-state index contributed by atoms with van der Waals surface area (Å²) in [6.07, 6.45) is 1.68. The predicted molar refractivity (Wildman–Crippen MR) is 83.6 cm³/mol. The molecule has 0 aliphatic heterocycles. The Kier molecular flexibility index (Phi) is 3.65. The van der Waals surface area contributed by atoms with E-state index in [2.05, 4.69) is 15.4 Å². The number of carbonyl (C=O) groups is 1. The molecule has 0 unspecified atom stereocenters.